The Bertz CT molecular complexity index is 1220. The number of aliphatic carboxylic acids is 1. The van der Waals surface area contributed by atoms with Gasteiger partial charge < -0.3 is 24.4 Å². The molecule has 4 aromatic carbocycles. The Balaban J connectivity index is 1.63. The second kappa shape index (κ2) is 11.4. The van der Waals surface area contributed by atoms with Crippen molar-refractivity contribution in [3.63, 3.8) is 0 Å². The van der Waals surface area contributed by atoms with Crippen LogP contribution in [0.4, 0.5) is 0 Å². The van der Waals surface area contributed by atoms with Gasteiger partial charge in [-0.25, -0.2) is 4.79 Å². The summed E-state index contributed by atoms with van der Waals surface area (Å²) in [7, 11) is 0. The van der Waals surface area contributed by atoms with E-state index < -0.39 is 5.97 Å². The van der Waals surface area contributed by atoms with Crippen molar-refractivity contribution in [2.45, 2.75) is 13.2 Å². The average Bonchev–Trinajstić information content (AvgIpc) is 2.89. The monoisotopic (exact) mass is 468 g/mol. The quantitative estimate of drug-likeness (QED) is 0.218. The molecule has 0 bridgehead atoms. The van der Waals surface area contributed by atoms with Crippen LogP contribution in [0.25, 0.3) is 6.08 Å². The summed E-state index contributed by atoms with van der Waals surface area (Å²) < 4.78 is 17.4. The van der Waals surface area contributed by atoms with Gasteiger partial charge in [0.15, 0.2) is 11.5 Å². The number of benzene rings is 4. The molecule has 0 aliphatic rings. The van der Waals surface area contributed by atoms with Gasteiger partial charge in [0.2, 0.25) is 11.5 Å². The van der Waals surface area contributed by atoms with Crippen LogP contribution in [0.15, 0.2) is 109 Å². The number of hydrogen-bond acceptors (Lipinski definition) is 5. The van der Waals surface area contributed by atoms with Crippen molar-refractivity contribution in [3.8, 4) is 23.0 Å². The molecule has 0 atom stereocenters. The van der Waals surface area contributed by atoms with Crippen molar-refractivity contribution in [2.75, 3.05) is 0 Å². The van der Waals surface area contributed by atoms with Gasteiger partial charge in [-0.3, -0.25) is 0 Å². The van der Waals surface area contributed by atoms with Crippen LogP contribution in [-0.4, -0.2) is 16.2 Å². The Hall–Kier alpha value is -4.71. The number of ether oxygens (including phenoxy) is 3. The molecule has 0 saturated heterocycles. The summed E-state index contributed by atoms with van der Waals surface area (Å²) in [6.45, 7) is 0.392. The maximum atomic E-state index is 11.9. The lowest BCUT2D eigenvalue weighted by Gasteiger charge is -2.16. The summed E-state index contributed by atoms with van der Waals surface area (Å²) >= 11 is 0. The smallest absolute Gasteiger partial charge is 0.371 e. The lowest BCUT2D eigenvalue weighted by Crippen LogP contribution is -2.08. The summed E-state index contributed by atoms with van der Waals surface area (Å²) in [5.41, 5.74) is 2.48. The van der Waals surface area contributed by atoms with Crippen molar-refractivity contribution in [1.29, 1.82) is 0 Å². The molecule has 4 aromatic rings. The molecule has 4 rings (SSSR count). The van der Waals surface area contributed by atoms with Crippen molar-refractivity contribution in [1.82, 2.24) is 0 Å². The maximum Gasteiger partial charge on any atom is 0.371 e. The highest BCUT2D eigenvalue weighted by atomic mass is 16.5. The molecule has 6 heteroatoms. The molecule has 0 aliphatic carbocycles. The van der Waals surface area contributed by atoms with Gasteiger partial charge in [-0.15, -0.1) is 0 Å². The molecule has 176 valence electrons. The summed E-state index contributed by atoms with van der Waals surface area (Å²) in [6, 6.07) is 30.8. The average molecular weight is 469 g/mol. The predicted octanol–water partition coefficient (Wildman–Crippen LogP) is 6.05. The van der Waals surface area contributed by atoms with Gasteiger partial charge in [-0.2, -0.15) is 0 Å². The fourth-order valence-corrected chi connectivity index (χ4v) is 3.27. The van der Waals surface area contributed by atoms with Crippen LogP contribution in [-0.2, 0) is 18.0 Å². The molecule has 0 radical (unpaired) electrons. The van der Waals surface area contributed by atoms with E-state index in [0.717, 1.165) is 11.1 Å². The van der Waals surface area contributed by atoms with Crippen LogP contribution in [0.5, 0.6) is 23.0 Å². The normalized spacial score (nSPS) is 11.0. The summed E-state index contributed by atoms with van der Waals surface area (Å²) in [4.78, 5) is 11.9. The number of hydrogen-bond donors (Lipinski definition) is 2. The van der Waals surface area contributed by atoms with Gasteiger partial charge in [-0.1, -0.05) is 91.0 Å². The highest BCUT2D eigenvalue weighted by Crippen LogP contribution is 2.41. The van der Waals surface area contributed by atoms with E-state index in [2.05, 4.69) is 0 Å². The molecular weight excluding hydrogens is 444 g/mol. The Kier molecular flexibility index (Phi) is 7.66. The summed E-state index contributed by atoms with van der Waals surface area (Å²) in [5, 5.41) is 20.5. The van der Waals surface area contributed by atoms with E-state index in [-0.39, 0.29) is 42.0 Å². The van der Waals surface area contributed by atoms with Crippen LogP contribution in [0.1, 0.15) is 16.7 Å². The molecule has 0 saturated carbocycles. The minimum Gasteiger partial charge on any atom is -0.502 e. The van der Waals surface area contributed by atoms with E-state index in [9.17, 15) is 15.0 Å². The Morgan fingerprint density at radius 3 is 1.63 bits per heavy atom. The largest absolute Gasteiger partial charge is 0.502 e. The molecule has 2 N–H and O–H groups in total. The van der Waals surface area contributed by atoms with Gasteiger partial charge in [-0.05, 0) is 22.8 Å². The van der Waals surface area contributed by atoms with Crippen LogP contribution >= 0.6 is 0 Å². The standard InChI is InChI=1S/C29H24O6/c30-28-25(33-19-22-12-6-2-7-13-22)17-24(18-26(28)34-20-23-14-8-3-9-15-23)35-27(29(31)32)16-21-10-4-1-5-11-21/h1-18,30H,19-20H2,(H,31,32). The molecule has 35 heavy (non-hydrogen) atoms. The first-order valence-electron chi connectivity index (χ1n) is 11.0. The molecule has 0 fully saturated rings. The number of phenols is 1. The second-order valence-electron chi connectivity index (χ2n) is 7.64. The number of rotatable bonds is 10. The van der Waals surface area contributed by atoms with E-state index in [1.807, 2.05) is 66.7 Å². The van der Waals surface area contributed by atoms with Crippen molar-refractivity contribution in [2.24, 2.45) is 0 Å². The molecule has 0 heterocycles. The van der Waals surface area contributed by atoms with Crippen LogP contribution < -0.4 is 14.2 Å². The van der Waals surface area contributed by atoms with Gasteiger partial charge in [0, 0.05) is 12.1 Å². The SMILES string of the molecule is O=C(O)C(=Cc1ccccc1)Oc1cc(OCc2ccccc2)c(O)c(OCc2ccccc2)c1. The Morgan fingerprint density at radius 1 is 0.714 bits per heavy atom. The van der Waals surface area contributed by atoms with Gasteiger partial charge in [0.1, 0.15) is 19.0 Å². The van der Waals surface area contributed by atoms with Crippen molar-refractivity contribution < 1.29 is 29.2 Å². The predicted molar refractivity (Wildman–Crippen MR) is 132 cm³/mol. The third kappa shape index (κ3) is 6.65. The zero-order valence-corrected chi connectivity index (χ0v) is 18.8. The van der Waals surface area contributed by atoms with Crippen molar-refractivity contribution in [3.05, 3.63) is 126 Å². The maximum absolute atomic E-state index is 11.9. The third-order valence-corrected chi connectivity index (χ3v) is 5.02. The number of carboxylic acid groups (broad SMARTS) is 1. The molecule has 0 amide bonds. The topological polar surface area (TPSA) is 85.2 Å². The lowest BCUT2D eigenvalue weighted by molar-refractivity contribution is -0.134. The fourth-order valence-electron chi connectivity index (χ4n) is 3.27. The van der Waals surface area contributed by atoms with Gasteiger partial charge >= 0.3 is 5.97 Å². The van der Waals surface area contributed by atoms with E-state index in [4.69, 9.17) is 14.2 Å². The molecule has 0 aromatic heterocycles. The zero-order chi connectivity index (χ0) is 24.5. The highest BCUT2D eigenvalue weighted by molar-refractivity contribution is 5.90. The minimum atomic E-state index is -1.24. The molecule has 6 nitrogen and oxygen atoms in total. The second-order valence-corrected chi connectivity index (χ2v) is 7.64. The first-order chi connectivity index (χ1) is 17.1. The lowest BCUT2D eigenvalue weighted by atomic mass is 10.2. The highest BCUT2D eigenvalue weighted by Gasteiger charge is 2.18. The Labute approximate surface area is 203 Å². The molecular formula is C29H24O6. The molecule has 0 unspecified atom stereocenters. The first kappa shape index (κ1) is 23.4. The van der Waals surface area contributed by atoms with Crippen LogP contribution in [0.3, 0.4) is 0 Å². The fraction of sp³-hybridized carbons (Fsp3) is 0.0690. The first-order valence-corrected chi connectivity index (χ1v) is 11.0. The third-order valence-electron chi connectivity index (χ3n) is 5.02. The van der Waals surface area contributed by atoms with E-state index >= 15 is 0 Å². The van der Waals surface area contributed by atoms with E-state index in [1.165, 1.54) is 18.2 Å². The number of phenolic OH excluding ortho intramolecular Hbond substituents is 1. The Morgan fingerprint density at radius 2 is 1.17 bits per heavy atom. The number of aromatic hydroxyl groups is 1. The minimum absolute atomic E-state index is 0.110. The molecule has 0 aliphatic heterocycles. The van der Waals surface area contributed by atoms with Gasteiger partial charge in [0.05, 0.1) is 0 Å². The zero-order valence-electron chi connectivity index (χ0n) is 18.8. The summed E-state index contributed by atoms with van der Waals surface area (Å²) in [5.74, 6) is -1.35. The van der Waals surface area contributed by atoms with E-state index in [1.54, 1.807) is 24.3 Å². The van der Waals surface area contributed by atoms with E-state index in [0.29, 0.717) is 5.56 Å². The van der Waals surface area contributed by atoms with Crippen LogP contribution in [0, 0.1) is 0 Å². The van der Waals surface area contributed by atoms with Crippen molar-refractivity contribution >= 4 is 12.0 Å². The number of carboxylic acids is 1. The summed E-state index contributed by atoms with van der Waals surface area (Å²) in [6.07, 6.45) is 1.42. The van der Waals surface area contributed by atoms with Crippen LogP contribution in [0.2, 0.25) is 0 Å². The van der Waals surface area contributed by atoms with Gasteiger partial charge in [0.25, 0.3) is 0 Å². The number of carbonyl (C=O) groups is 1. The molecule has 0 spiro atoms.